The normalized spacial score (nSPS) is 14.0. The molecule has 7 nitrogen and oxygen atoms in total. The van der Waals surface area contributed by atoms with Crippen LogP contribution in [0.3, 0.4) is 0 Å². The van der Waals surface area contributed by atoms with Crippen LogP contribution in [-0.2, 0) is 22.6 Å². The van der Waals surface area contributed by atoms with Crippen molar-refractivity contribution in [2.75, 3.05) is 30.4 Å². The average Bonchev–Trinajstić information content (AvgIpc) is 2.97. The lowest BCUT2D eigenvalue weighted by atomic mass is 10.0. The third kappa shape index (κ3) is 7.06. The number of nitrogens with zero attached hydrogens (tertiary/aromatic N) is 1. The quantitative estimate of drug-likeness (QED) is 0.253. The van der Waals surface area contributed by atoms with Gasteiger partial charge in [-0.2, -0.15) is 0 Å². The fourth-order valence-electron chi connectivity index (χ4n) is 4.83. The highest BCUT2D eigenvalue weighted by Gasteiger charge is 2.23. The predicted octanol–water partition coefficient (Wildman–Crippen LogP) is 6.12. The van der Waals surface area contributed by atoms with E-state index in [-0.39, 0.29) is 31.0 Å². The van der Waals surface area contributed by atoms with Crippen LogP contribution in [0.4, 0.5) is 11.4 Å². The zero-order chi connectivity index (χ0) is 28.8. The molecule has 1 aliphatic rings. The van der Waals surface area contributed by atoms with Gasteiger partial charge in [0.15, 0.2) is 0 Å². The molecule has 4 aromatic rings. The number of ether oxygens (including phenoxy) is 3. The van der Waals surface area contributed by atoms with Crippen LogP contribution in [0.5, 0.6) is 11.5 Å². The molecule has 1 atom stereocenters. The Kier molecular flexibility index (Phi) is 8.53. The molecule has 0 aliphatic carbocycles. The number of amides is 1. The summed E-state index contributed by atoms with van der Waals surface area (Å²) in [5.74, 6) is 0.975. The maximum absolute atomic E-state index is 13.1. The van der Waals surface area contributed by atoms with Gasteiger partial charge in [0.1, 0.15) is 30.8 Å². The van der Waals surface area contributed by atoms with Gasteiger partial charge in [0.25, 0.3) is 5.91 Å². The minimum atomic E-state index is -0.318. The lowest BCUT2D eigenvalue weighted by Gasteiger charge is -2.33. The van der Waals surface area contributed by atoms with Crippen LogP contribution in [0, 0.1) is 13.8 Å². The Balaban J connectivity index is 1.16. The number of carbonyl (C=O) groups excluding carboxylic acids is 2. The second-order valence-corrected chi connectivity index (χ2v) is 10.3. The summed E-state index contributed by atoms with van der Waals surface area (Å²) >= 11 is 0. The first kappa shape index (κ1) is 27.8. The molecule has 5 rings (SSSR count). The molecule has 210 valence electrons. The van der Waals surface area contributed by atoms with Crippen molar-refractivity contribution in [3.63, 3.8) is 0 Å². The van der Waals surface area contributed by atoms with Crippen LogP contribution in [0.25, 0.3) is 0 Å². The summed E-state index contributed by atoms with van der Waals surface area (Å²) in [5.41, 5.74) is 5.72. The number of hydrogen-bond acceptors (Lipinski definition) is 6. The summed E-state index contributed by atoms with van der Waals surface area (Å²) in [5, 5.41) is 2.96. The number of hydrogen-bond donors (Lipinski definition) is 1. The number of anilines is 2. The van der Waals surface area contributed by atoms with Crippen molar-refractivity contribution in [1.29, 1.82) is 0 Å². The van der Waals surface area contributed by atoms with Crippen LogP contribution in [0.1, 0.15) is 32.6 Å². The van der Waals surface area contributed by atoms with E-state index < -0.39 is 0 Å². The number of aryl methyl sites for hydroxylation is 2. The Bertz CT molecular complexity index is 1540. The molecule has 0 saturated heterocycles. The Morgan fingerprint density at radius 1 is 0.927 bits per heavy atom. The highest BCUT2D eigenvalue weighted by molar-refractivity contribution is 6.05. The first-order chi connectivity index (χ1) is 19.9. The maximum atomic E-state index is 13.1. The zero-order valence-corrected chi connectivity index (χ0v) is 23.6. The standard InChI is InChI=1S/C34H34N2O5/c1-23-13-14-27(18-26(23)19-33(37)40-21-25-9-5-4-6-10-25)35-34(38)30-16-15-28(17-24(30)2)39-22-29-20-36(3)31-11-7-8-12-32(31)41-29/h4-18,29H,19-22H2,1-3H3,(H,35,38)/t29-/m0/s1. The molecule has 0 radical (unpaired) electrons. The van der Waals surface area contributed by atoms with Gasteiger partial charge < -0.3 is 24.4 Å². The van der Waals surface area contributed by atoms with Crippen molar-refractivity contribution >= 4 is 23.3 Å². The molecule has 1 heterocycles. The second kappa shape index (κ2) is 12.6. The van der Waals surface area contributed by atoms with Gasteiger partial charge in [0.2, 0.25) is 0 Å². The molecule has 1 amide bonds. The van der Waals surface area contributed by atoms with E-state index in [9.17, 15) is 9.59 Å². The first-order valence-electron chi connectivity index (χ1n) is 13.7. The molecule has 7 heteroatoms. The summed E-state index contributed by atoms with van der Waals surface area (Å²) < 4.78 is 17.6. The monoisotopic (exact) mass is 550 g/mol. The number of carbonyl (C=O) groups is 2. The molecule has 4 aromatic carbocycles. The Morgan fingerprint density at radius 2 is 1.71 bits per heavy atom. The zero-order valence-electron chi connectivity index (χ0n) is 23.6. The number of para-hydroxylation sites is 2. The van der Waals surface area contributed by atoms with Gasteiger partial charge in [0.05, 0.1) is 18.7 Å². The number of likely N-dealkylation sites (N-methyl/N-ethyl adjacent to an activating group) is 1. The van der Waals surface area contributed by atoms with Gasteiger partial charge in [-0.05, 0) is 78.6 Å². The van der Waals surface area contributed by atoms with Crippen LogP contribution in [0.2, 0.25) is 0 Å². The Morgan fingerprint density at radius 3 is 2.51 bits per heavy atom. The number of benzene rings is 4. The van der Waals surface area contributed by atoms with E-state index in [1.54, 1.807) is 12.1 Å². The summed E-state index contributed by atoms with van der Waals surface area (Å²) in [4.78, 5) is 27.7. The summed E-state index contributed by atoms with van der Waals surface area (Å²) in [7, 11) is 2.04. The molecule has 41 heavy (non-hydrogen) atoms. The summed E-state index contributed by atoms with van der Waals surface area (Å²) in [6, 6.07) is 28.5. The van der Waals surface area contributed by atoms with Gasteiger partial charge in [-0.1, -0.05) is 48.5 Å². The van der Waals surface area contributed by atoms with E-state index in [2.05, 4.69) is 10.2 Å². The minimum absolute atomic E-state index is 0.107. The predicted molar refractivity (Wildman–Crippen MR) is 160 cm³/mol. The fourth-order valence-corrected chi connectivity index (χ4v) is 4.83. The molecule has 0 aromatic heterocycles. The van der Waals surface area contributed by atoms with Crippen LogP contribution in [-0.4, -0.2) is 38.2 Å². The number of nitrogens with one attached hydrogen (secondary N) is 1. The van der Waals surface area contributed by atoms with Crippen molar-refractivity contribution in [3.05, 3.63) is 119 Å². The van der Waals surface area contributed by atoms with Crippen LogP contribution >= 0.6 is 0 Å². The van der Waals surface area contributed by atoms with E-state index in [0.29, 0.717) is 23.6 Å². The van der Waals surface area contributed by atoms with E-state index in [1.165, 1.54) is 0 Å². The van der Waals surface area contributed by atoms with Crippen molar-refractivity contribution < 1.29 is 23.8 Å². The smallest absolute Gasteiger partial charge is 0.310 e. The van der Waals surface area contributed by atoms with Crippen LogP contribution < -0.4 is 19.7 Å². The summed E-state index contributed by atoms with van der Waals surface area (Å²) in [6.45, 7) is 5.16. The Labute approximate surface area is 240 Å². The lowest BCUT2D eigenvalue weighted by Crippen LogP contribution is -2.41. The average molecular weight is 551 g/mol. The van der Waals surface area contributed by atoms with Crippen molar-refractivity contribution in [1.82, 2.24) is 0 Å². The third-order valence-corrected chi connectivity index (χ3v) is 7.11. The molecular weight excluding hydrogens is 516 g/mol. The molecule has 1 aliphatic heterocycles. The van der Waals surface area contributed by atoms with E-state index >= 15 is 0 Å². The summed E-state index contributed by atoms with van der Waals surface area (Å²) in [6.07, 6.45) is 0.0176. The highest BCUT2D eigenvalue weighted by atomic mass is 16.5. The Hall–Kier alpha value is -4.78. The lowest BCUT2D eigenvalue weighted by molar-refractivity contribution is -0.144. The SMILES string of the molecule is Cc1ccc(NC(=O)c2ccc(OC[C@@H]3CN(C)c4ccccc4O3)cc2C)cc1CC(=O)OCc1ccccc1. The van der Waals surface area contributed by atoms with E-state index in [0.717, 1.165) is 40.2 Å². The van der Waals surface area contributed by atoms with E-state index in [1.807, 2.05) is 99.8 Å². The van der Waals surface area contributed by atoms with Gasteiger partial charge in [-0.3, -0.25) is 9.59 Å². The minimum Gasteiger partial charge on any atom is -0.490 e. The van der Waals surface area contributed by atoms with Crippen molar-refractivity contribution in [2.24, 2.45) is 0 Å². The molecule has 0 fully saturated rings. The van der Waals surface area contributed by atoms with Gasteiger partial charge in [0, 0.05) is 18.3 Å². The molecule has 1 N–H and O–H groups in total. The molecular formula is C34H34N2O5. The third-order valence-electron chi connectivity index (χ3n) is 7.11. The van der Waals surface area contributed by atoms with Crippen molar-refractivity contribution in [2.45, 2.75) is 33.0 Å². The fraction of sp³-hybridized carbons (Fsp3) is 0.235. The number of rotatable bonds is 9. The first-order valence-corrected chi connectivity index (χ1v) is 13.7. The topological polar surface area (TPSA) is 77.1 Å². The van der Waals surface area contributed by atoms with Crippen molar-refractivity contribution in [3.8, 4) is 11.5 Å². The van der Waals surface area contributed by atoms with Gasteiger partial charge in [-0.15, -0.1) is 0 Å². The number of fused-ring (bicyclic) bond motifs is 1. The van der Waals surface area contributed by atoms with Crippen LogP contribution in [0.15, 0.2) is 91.0 Å². The largest absolute Gasteiger partial charge is 0.490 e. The van der Waals surface area contributed by atoms with Gasteiger partial charge >= 0.3 is 5.97 Å². The molecule has 0 unspecified atom stereocenters. The second-order valence-electron chi connectivity index (χ2n) is 10.3. The molecule has 0 saturated carbocycles. The maximum Gasteiger partial charge on any atom is 0.310 e. The molecule has 0 bridgehead atoms. The highest BCUT2D eigenvalue weighted by Crippen LogP contribution is 2.32. The van der Waals surface area contributed by atoms with Gasteiger partial charge in [-0.25, -0.2) is 0 Å². The van der Waals surface area contributed by atoms with E-state index in [4.69, 9.17) is 14.2 Å². The molecule has 0 spiro atoms. The number of esters is 1.